The van der Waals surface area contributed by atoms with Gasteiger partial charge in [-0.25, -0.2) is 9.48 Å². The maximum atomic E-state index is 13.1. The van der Waals surface area contributed by atoms with Crippen LogP contribution in [0.25, 0.3) is 5.69 Å². The summed E-state index contributed by atoms with van der Waals surface area (Å²) in [6, 6.07) is 11.2. The number of nitrogens with zero attached hydrogens (tertiary/aromatic N) is 2. The Labute approximate surface area is 175 Å². The van der Waals surface area contributed by atoms with E-state index in [0.29, 0.717) is 29.5 Å². The molecule has 1 aliphatic rings. The lowest BCUT2D eigenvalue weighted by Crippen LogP contribution is -2.11. The molecule has 0 radical (unpaired) electrons. The van der Waals surface area contributed by atoms with Crippen molar-refractivity contribution in [1.82, 2.24) is 9.78 Å². The molecule has 160 valence electrons. The number of amides is 1. The Kier molecular flexibility index (Phi) is 5.26. The number of carbonyl (C=O) groups is 2. The van der Waals surface area contributed by atoms with Gasteiger partial charge in [0.1, 0.15) is 6.61 Å². The number of alkyl halides is 3. The topological polar surface area (TPSA) is 87.2 Å². The first-order valence-electron chi connectivity index (χ1n) is 9.58. The van der Waals surface area contributed by atoms with E-state index in [1.165, 1.54) is 28.9 Å². The van der Waals surface area contributed by atoms with E-state index >= 15 is 0 Å². The first-order chi connectivity index (χ1) is 14.7. The molecule has 0 saturated heterocycles. The van der Waals surface area contributed by atoms with Gasteiger partial charge in [-0.1, -0.05) is 18.2 Å². The predicted octanol–water partition coefficient (Wildman–Crippen LogP) is 3.84. The molecule has 2 N–H and O–H groups in total. The fourth-order valence-electron chi connectivity index (χ4n) is 3.61. The minimum atomic E-state index is -4.47. The number of hydrogen-bond acceptors (Lipinski definition) is 4. The SMILES string of the molecule is NC(=O)c1ccc(COC(=O)c2nn(-c3cccc(C(F)(F)F)c3)c3c2CCC3)cc1. The molecule has 6 nitrogen and oxygen atoms in total. The minimum absolute atomic E-state index is 0.0386. The molecule has 0 bridgehead atoms. The van der Waals surface area contributed by atoms with Gasteiger partial charge in [-0.05, 0) is 55.2 Å². The van der Waals surface area contributed by atoms with Crippen molar-refractivity contribution in [2.75, 3.05) is 0 Å². The Hall–Kier alpha value is -3.62. The Balaban J connectivity index is 1.57. The molecule has 1 aliphatic carbocycles. The van der Waals surface area contributed by atoms with Crippen molar-refractivity contribution in [3.05, 3.63) is 82.2 Å². The molecule has 0 atom stereocenters. The molecule has 0 unspecified atom stereocenters. The van der Waals surface area contributed by atoms with Crippen molar-refractivity contribution in [3.63, 3.8) is 0 Å². The molecule has 0 saturated carbocycles. The Morgan fingerprint density at radius 1 is 1.10 bits per heavy atom. The lowest BCUT2D eigenvalue weighted by Gasteiger charge is -2.10. The number of ether oxygens (including phenoxy) is 1. The van der Waals surface area contributed by atoms with Crippen LogP contribution in [0.15, 0.2) is 48.5 Å². The zero-order valence-electron chi connectivity index (χ0n) is 16.3. The van der Waals surface area contributed by atoms with Crippen molar-refractivity contribution < 1.29 is 27.5 Å². The number of aromatic nitrogens is 2. The smallest absolute Gasteiger partial charge is 0.416 e. The monoisotopic (exact) mass is 429 g/mol. The third-order valence-corrected chi connectivity index (χ3v) is 5.15. The van der Waals surface area contributed by atoms with Crippen LogP contribution in [-0.4, -0.2) is 21.7 Å². The number of carbonyl (C=O) groups excluding carboxylic acids is 2. The third-order valence-electron chi connectivity index (χ3n) is 5.15. The number of halogens is 3. The highest BCUT2D eigenvalue weighted by atomic mass is 19.4. The largest absolute Gasteiger partial charge is 0.456 e. The lowest BCUT2D eigenvalue weighted by atomic mass is 10.1. The highest BCUT2D eigenvalue weighted by Crippen LogP contribution is 2.32. The van der Waals surface area contributed by atoms with Gasteiger partial charge in [-0.2, -0.15) is 18.3 Å². The summed E-state index contributed by atoms with van der Waals surface area (Å²) in [5.41, 5.74) is 7.19. The zero-order valence-corrected chi connectivity index (χ0v) is 16.3. The molecule has 9 heteroatoms. The van der Waals surface area contributed by atoms with Crippen LogP contribution in [0.2, 0.25) is 0 Å². The summed E-state index contributed by atoms with van der Waals surface area (Å²) in [6.07, 6.45) is -2.48. The van der Waals surface area contributed by atoms with Gasteiger partial charge in [0.2, 0.25) is 5.91 Å². The number of nitrogens with two attached hydrogens (primary N) is 1. The van der Waals surface area contributed by atoms with Crippen LogP contribution < -0.4 is 5.73 Å². The second-order valence-electron chi connectivity index (χ2n) is 7.22. The van der Waals surface area contributed by atoms with E-state index in [0.717, 1.165) is 24.2 Å². The molecule has 1 aromatic heterocycles. The van der Waals surface area contributed by atoms with E-state index in [1.807, 2.05) is 0 Å². The van der Waals surface area contributed by atoms with Crippen LogP contribution in [0.1, 0.15) is 49.7 Å². The summed E-state index contributed by atoms with van der Waals surface area (Å²) < 4.78 is 46.0. The average Bonchev–Trinajstić information content (AvgIpc) is 3.34. The third kappa shape index (κ3) is 4.16. The summed E-state index contributed by atoms with van der Waals surface area (Å²) in [6.45, 7) is -0.0386. The van der Waals surface area contributed by atoms with Gasteiger partial charge in [0.05, 0.1) is 11.3 Å². The fourth-order valence-corrected chi connectivity index (χ4v) is 3.61. The van der Waals surface area contributed by atoms with E-state index in [-0.39, 0.29) is 18.0 Å². The molecular weight excluding hydrogens is 411 g/mol. The number of esters is 1. The summed E-state index contributed by atoms with van der Waals surface area (Å²) in [4.78, 5) is 23.8. The van der Waals surface area contributed by atoms with Gasteiger partial charge < -0.3 is 10.5 Å². The van der Waals surface area contributed by atoms with Gasteiger partial charge in [-0.15, -0.1) is 0 Å². The molecule has 2 aromatic carbocycles. The summed E-state index contributed by atoms with van der Waals surface area (Å²) >= 11 is 0. The van der Waals surface area contributed by atoms with E-state index < -0.39 is 23.6 Å². The normalized spacial score (nSPS) is 13.1. The van der Waals surface area contributed by atoms with Crippen LogP contribution in [0, 0.1) is 0 Å². The number of rotatable bonds is 5. The van der Waals surface area contributed by atoms with Crippen LogP contribution in [0.4, 0.5) is 13.2 Å². The molecule has 1 amide bonds. The summed E-state index contributed by atoms with van der Waals surface area (Å²) in [5, 5.41) is 4.29. The number of benzene rings is 2. The van der Waals surface area contributed by atoms with Crippen molar-refractivity contribution >= 4 is 11.9 Å². The van der Waals surface area contributed by atoms with Gasteiger partial charge >= 0.3 is 12.1 Å². The van der Waals surface area contributed by atoms with Crippen molar-refractivity contribution in [2.45, 2.75) is 32.0 Å². The summed E-state index contributed by atoms with van der Waals surface area (Å²) in [7, 11) is 0. The second-order valence-corrected chi connectivity index (χ2v) is 7.22. The van der Waals surface area contributed by atoms with E-state index in [9.17, 15) is 22.8 Å². The molecule has 31 heavy (non-hydrogen) atoms. The van der Waals surface area contributed by atoms with E-state index in [4.69, 9.17) is 10.5 Å². The Morgan fingerprint density at radius 3 is 2.52 bits per heavy atom. The van der Waals surface area contributed by atoms with Gasteiger partial charge in [0.25, 0.3) is 0 Å². The van der Waals surface area contributed by atoms with Crippen LogP contribution >= 0.6 is 0 Å². The standard InChI is InChI=1S/C22H18F3N3O3/c23-22(24,25)15-3-1-4-16(11-15)28-18-6-2-5-17(18)19(27-28)21(30)31-12-13-7-9-14(10-8-13)20(26)29/h1,3-4,7-11H,2,5-6,12H2,(H2,26,29). The number of fused-ring (bicyclic) bond motifs is 1. The van der Waals surface area contributed by atoms with Crippen LogP contribution in [-0.2, 0) is 30.4 Å². The molecule has 4 rings (SSSR count). The Morgan fingerprint density at radius 2 is 1.84 bits per heavy atom. The second kappa shape index (κ2) is 7.90. The fraction of sp³-hybridized carbons (Fsp3) is 0.227. The molecule has 0 spiro atoms. The zero-order chi connectivity index (χ0) is 22.2. The average molecular weight is 429 g/mol. The maximum absolute atomic E-state index is 13.1. The molecule has 0 fully saturated rings. The number of hydrogen-bond donors (Lipinski definition) is 1. The minimum Gasteiger partial charge on any atom is -0.456 e. The molecule has 0 aliphatic heterocycles. The van der Waals surface area contributed by atoms with Crippen molar-refractivity contribution in [2.24, 2.45) is 5.73 Å². The quantitative estimate of drug-likeness (QED) is 0.625. The summed E-state index contributed by atoms with van der Waals surface area (Å²) in [5.74, 6) is -1.21. The Bertz CT molecular complexity index is 1150. The van der Waals surface area contributed by atoms with E-state index in [1.54, 1.807) is 12.1 Å². The molecular formula is C22H18F3N3O3. The van der Waals surface area contributed by atoms with E-state index in [2.05, 4.69) is 5.10 Å². The highest BCUT2D eigenvalue weighted by Gasteiger charge is 2.32. The maximum Gasteiger partial charge on any atom is 0.416 e. The van der Waals surface area contributed by atoms with Gasteiger partial charge in [0, 0.05) is 16.8 Å². The van der Waals surface area contributed by atoms with Gasteiger partial charge in [-0.3, -0.25) is 4.79 Å². The van der Waals surface area contributed by atoms with Crippen LogP contribution in [0.5, 0.6) is 0 Å². The molecule has 3 aromatic rings. The molecule has 1 heterocycles. The predicted molar refractivity (Wildman–Crippen MR) is 105 cm³/mol. The first-order valence-corrected chi connectivity index (χ1v) is 9.58. The van der Waals surface area contributed by atoms with Crippen molar-refractivity contribution in [1.29, 1.82) is 0 Å². The first kappa shape index (κ1) is 20.6. The highest BCUT2D eigenvalue weighted by molar-refractivity contribution is 5.92. The van der Waals surface area contributed by atoms with Crippen LogP contribution in [0.3, 0.4) is 0 Å². The van der Waals surface area contributed by atoms with Crippen molar-refractivity contribution in [3.8, 4) is 5.69 Å². The lowest BCUT2D eigenvalue weighted by molar-refractivity contribution is -0.137. The number of primary amides is 1. The van der Waals surface area contributed by atoms with Gasteiger partial charge in [0.15, 0.2) is 5.69 Å².